The minimum Gasteiger partial charge on any atom is -0.466 e. The van der Waals surface area contributed by atoms with Crippen LogP contribution in [0, 0.1) is 5.41 Å². The fourth-order valence-corrected chi connectivity index (χ4v) is 8.30. The zero-order valence-corrected chi connectivity index (χ0v) is 51.6. The van der Waals surface area contributed by atoms with Crippen LogP contribution in [0.5, 0.6) is 0 Å². The Bertz CT molecular complexity index is 1530. The molecule has 2 saturated heterocycles. The minimum absolute atomic E-state index is 0.0154. The van der Waals surface area contributed by atoms with E-state index in [0.29, 0.717) is 88.1 Å². The molecular weight excluding hydrogens is 1140 g/mol. The molecule has 2 rings (SSSR count). The maximum Gasteiger partial charge on any atom is 0.323 e. The van der Waals surface area contributed by atoms with Crippen molar-refractivity contribution in [3.8, 4) is 0 Å². The third kappa shape index (κ3) is 30.7. The molecule has 2 aliphatic heterocycles. The van der Waals surface area contributed by atoms with Crippen LogP contribution in [0.2, 0.25) is 0 Å². The summed E-state index contributed by atoms with van der Waals surface area (Å²) in [5, 5.41) is -1.16. The number of carbonyl (C=O) groups excluding carboxylic acids is 8. The number of urea groups is 2. The summed E-state index contributed by atoms with van der Waals surface area (Å²) in [7, 11) is 0. The lowest BCUT2D eigenvalue weighted by atomic mass is 9.92. The number of ketones is 1. The Morgan fingerprint density at radius 3 is 0.945 bits per heavy atom. The van der Waals surface area contributed by atoms with E-state index in [-0.39, 0.29) is 121 Å². The summed E-state index contributed by atoms with van der Waals surface area (Å²) >= 11 is 41.8. The van der Waals surface area contributed by atoms with Crippen molar-refractivity contribution in [2.75, 3.05) is 95.4 Å². The van der Waals surface area contributed by atoms with Crippen LogP contribution in [-0.4, -0.2) is 207 Å². The molecule has 0 aliphatic carbocycles. The van der Waals surface area contributed by atoms with Crippen molar-refractivity contribution in [1.29, 1.82) is 0 Å². The van der Waals surface area contributed by atoms with Gasteiger partial charge >= 0.3 is 41.9 Å². The number of nitrogens with zero attached hydrogens (tertiary/aromatic N) is 4. The van der Waals surface area contributed by atoms with Crippen LogP contribution in [0.3, 0.4) is 0 Å². The topological polar surface area (TPSA) is 205 Å². The maximum atomic E-state index is 12.7. The average Bonchev–Trinajstić information content (AvgIpc) is 3.69. The van der Waals surface area contributed by atoms with Crippen molar-refractivity contribution in [3.63, 3.8) is 0 Å². The first kappa shape index (κ1) is 72.0. The van der Waals surface area contributed by atoms with E-state index in [4.69, 9.17) is 28.4 Å². The number of hydrogen-bond donors (Lipinski definition) is 10. The Kier molecular flexibility index (Phi) is 39.7. The van der Waals surface area contributed by atoms with Crippen LogP contribution in [0.25, 0.3) is 0 Å². The predicted octanol–water partition coefficient (Wildman–Crippen LogP) is 5.73. The number of carbonyl (C=O) groups is 8. The molecule has 4 amide bonds. The molecule has 0 radical (unpaired) electrons. The number of thiol groups is 10. The number of rotatable bonds is 34. The van der Waals surface area contributed by atoms with Crippen molar-refractivity contribution >= 4 is 174 Å². The molecule has 0 aromatic rings. The molecule has 2 fully saturated rings. The number of hydrogen-bond acceptors (Lipinski definition) is 24. The molecule has 0 aromatic heterocycles. The van der Waals surface area contributed by atoms with Crippen LogP contribution < -0.4 is 0 Å². The van der Waals surface area contributed by atoms with Gasteiger partial charge in [0, 0.05) is 75.4 Å². The SMILES string of the molecule is CC(S)CC(=O)OCC(COCC(=O)C(C)S)(COC(=O)CC(C)S)COC(=O)CC(C)S.CC(S)CC(=O)OCCCCOC(=O)CC(C)S.O=C1N(CCS)C2C(N1CCS)N(CCS)C(=O)N2CCS. The average molecular weight is 1220 g/mol. The molecule has 0 aromatic carbocycles. The standard InChI is InChI=1S/C21H36O8S4.C12H22N4O2S4.C12H22O4S2/c1-13(30)5-18(23)27-10-21(9-26-8-17(22)16(4)33,11-28-19(24)6-14(2)31)12-29-20(25)7-15(3)32;17-11-13(1-5-19)9-10(15(11)3-7-21)16(4-8-22)12(18)14(9)2-6-20;1-9(17)7-11(13)15-5-3-4-6-16-12(14)8-10(2)18/h13-16,30-33H,5-12H2,1-4H3;9-10,19-22H,1-8H2;9-10,17-18H,3-8H2,1-2H3. The van der Waals surface area contributed by atoms with Crippen LogP contribution in [0.4, 0.5) is 9.59 Å². The molecule has 0 spiro atoms. The van der Waals surface area contributed by atoms with Gasteiger partial charge < -0.3 is 28.4 Å². The second-order valence-electron chi connectivity index (χ2n) is 17.6. The van der Waals surface area contributed by atoms with Crippen molar-refractivity contribution < 1.29 is 66.8 Å². The predicted molar refractivity (Wildman–Crippen MR) is 317 cm³/mol. The van der Waals surface area contributed by atoms with Crippen LogP contribution in [0.15, 0.2) is 0 Å². The third-order valence-electron chi connectivity index (χ3n) is 10.0. The second-order valence-corrected chi connectivity index (χ2v) is 24.6. The first-order chi connectivity index (χ1) is 34.3. The van der Waals surface area contributed by atoms with Gasteiger partial charge in [-0.3, -0.25) is 48.4 Å². The molecule has 0 saturated carbocycles. The number of esters is 5. The van der Waals surface area contributed by atoms with Crippen molar-refractivity contribution in [2.45, 2.75) is 130 Å². The lowest BCUT2D eigenvalue weighted by Gasteiger charge is -2.32. The Morgan fingerprint density at radius 1 is 0.452 bits per heavy atom. The van der Waals surface area contributed by atoms with Gasteiger partial charge in [0.15, 0.2) is 5.78 Å². The molecule has 0 bridgehead atoms. The highest BCUT2D eigenvalue weighted by Crippen LogP contribution is 2.35. The van der Waals surface area contributed by atoms with Crippen LogP contribution in [-0.2, 0) is 57.2 Å². The van der Waals surface area contributed by atoms with E-state index < -0.39 is 28.6 Å². The second kappa shape index (κ2) is 40.2. The van der Waals surface area contributed by atoms with Crippen LogP contribution >= 0.6 is 126 Å². The molecule has 2 heterocycles. The number of unbranched alkanes of at least 4 members (excludes halogenated alkanes) is 1. The zero-order chi connectivity index (χ0) is 55.8. The van der Waals surface area contributed by atoms with E-state index in [2.05, 4.69) is 126 Å². The lowest BCUT2D eigenvalue weighted by Crippen LogP contribution is -2.48. The molecule has 73 heavy (non-hydrogen) atoms. The highest BCUT2D eigenvalue weighted by atomic mass is 32.1. The highest BCUT2D eigenvalue weighted by molar-refractivity contribution is 7.82. The Hall–Kier alpha value is -0.980. The Morgan fingerprint density at radius 2 is 0.712 bits per heavy atom. The number of fused-ring (bicyclic) bond motifs is 1. The molecule has 6 atom stereocenters. The summed E-state index contributed by atoms with van der Waals surface area (Å²) in [6.07, 6.45) is 1.64. The van der Waals surface area contributed by atoms with Gasteiger partial charge in [0.1, 0.15) is 38.8 Å². The van der Waals surface area contributed by atoms with E-state index in [1.54, 1.807) is 47.3 Å². The van der Waals surface area contributed by atoms with E-state index in [0.717, 1.165) is 0 Å². The Balaban J connectivity index is 0.00000112. The summed E-state index contributed by atoms with van der Waals surface area (Å²) in [5.41, 5.74) is -1.22. The van der Waals surface area contributed by atoms with Gasteiger partial charge in [0.25, 0.3) is 0 Å². The summed E-state index contributed by atoms with van der Waals surface area (Å²) in [6.45, 7) is 12.1. The fourth-order valence-electron chi connectivity index (χ4n) is 6.62. The van der Waals surface area contributed by atoms with Crippen molar-refractivity contribution in [2.24, 2.45) is 5.41 Å². The van der Waals surface area contributed by atoms with Gasteiger partial charge in [-0.1, -0.05) is 34.6 Å². The van der Waals surface area contributed by atoms with Crippen molar-refractivity contribution in [3.05, 3.63) is 0 Å². The van der Waals surface area contributed by atoms with Gasteiger partial charge in [-0.05, 0) is 19.8 Å². The normalized spacial score (nSPS) is 18.4. The molecule has 28 heteroatoms. The zero-order valence-electron chi connectivity index (χ0n) is 42.7. The lowest BCUT2D eigenvalue weighted by molar-refractivity contribution is -0.168. The summed E-state index contributed by atoms with van der Waals surface area (Å²) < 4.78 is 31.6. The summed E-state index contributed by atoms with van der Waals surface area (Å²) in [6, 6.07) is -0.113. The number of ether oxygens (including phenoxy) is 6. The Labute approximate surface area is 487 Å². The van der Waals surface area contributed by atoms with Crippen LogP contribution in [0.1, 0.15) is 86.5 Å². The smallest absolute Gasteiger partial charge is 0.323 e. The molecule has 0 N–H and O–H groups in total. The van der Waals surface area contributed by atoms with E-state index in [1.165, 1.54) is 0 Å². The maximum absolute atomic E-state index is 12.7. The first-order valence-electron chi connectivity index (χ1n) is 23.8. The summed E-state index contributed by atoms with van der Waals surface area (Å²) in [5.74, 6) is -0.0734. The van der Waals surface area contributed by atoms with E-state index >= 15 is 0 Å². The highest BCUT2D eigenvalue weighted by Gasteiger charge is 2.58. The van der Waals surface area contributed by atoms with Gasteiger partial charge in [-0.2, -0.15) is 126 Å². The van der Waals surface area contributed by atoms with Gasteiger partial charge in [-0.15, -0.1) is 0 Å². The monoisotopic (exact) mass is 1220 g/mol. The molecule has 18 nitrogen and oxygen atoms in total. The van der Waals surface area contributed by atoms with Crippen molar-refractivity contribution in [1.82, 2.24) is 19.6 Å². The quantitative estimate of drug-likeness (QED) is 0.0162. The molecule has 6 unspecified atom stereocenters. The minimum atomic E-state index is -1.22. The largest absolute Gasteiger partial charge is 0.466 e. The molecule has 2 aliphatic rings. The van der Waals surface area contributed by atoms with E-state index in [1.807, 2.05) is 13.8 Å². The van der Waals surface area contributed by atoms with Gasteiger partial charge in [0.2, 0.25) is 0 Å². The van der Waals surface area contributed by atoms with Gasteiger partial charge in [-0.25, -0.2) is 9.59 Å². The van der Waals surface area contributed by atoms with Gasteiger partial charge in [0.05, 0.1) is 62.6 Å². The number of amides is 4. The molecular formula is C45H80N4O14S10. The first-order valence-corrected chi connectivity index (χ1v) is 29.5. The third-order valence-corrected chi connectivity index (χ3v) is 12.0. The molecule has 424 valence electrons. The van der Waals surface area contributed by atoms with E-state index in [9.17, 15) is 38.4 Å². The fraction of sp³-hybridized carbons (Fsp3) is 0.822. The number of Topliss-reactive ketones (excluding diaryl/α,β-unsaturated/α-hetero) is 1. The summed E-state index contributed by atoms with van der Waals surface area (Å²) in [4.78, 5) is 103.